The molecule has 1 aromatic carbocycles. The summed E-state index contributed by atoms with van der Waals surface area (Å²) in [4.78, 5) is 0. The minimum Gasteiger partial charge on any atom is -0.372 e. The molecule has 1 N–H and O–H groups in total. The third-order valence-electron chi connectivity index (χ3n) is 3.25. The molecular weight excluding hydrogens is 210 g/mol. The van der Waals surface area contributed by atoms with Crippen LogP contribution in [0.2, 0.25) is 0 Å². The van der Waals surface area contributed by atoms with Gasteiger partial charge < -0.3 is 5.32 Å². The maximum absolute atomic E-state index is 4.24. The Morgan fingerprint density at radius 3 is 2.24 bits per heavy atom. The number of hydrogen-bond acceptors (Lipinski definition) is 3. The van der Waals surface area contributed by atoms with Gasteiger partial charge in [0.15, 0.2) is 0 Å². The van der Waals surface area contributed by atoms with Gasteiger partial charge in [-0.1, -0.05) is 12.1 Å². The first-order valence-corrected chi connectivity index (χ1v) is 5.72. The number of aryl methyl sites for hydroxylation is 1. The van der Waals surface area contributed by atoms with E-state index in [1.165, 1.54) is 16.7 Å². The van der Waals surface area contributed by atoms with Crippen LogP contribution in [0.3, 0.4) is 0 Å². The molecule has 0 aliphatic heterocycles. The zero-order chi connectivity index (χ0) is 12.4. The highest BCUT2D eigenvalue weighted by Crippen LogP contribution is 2.25. The maximum Gasteiger partial charge on any atom is 0.148 e. The Kier molecular flexibility index (Phi) is 3.09. The van der Waals surface area contributed by atoms with Gasteiger partial charge in [-0.05, 0) is 49.6 Å². The van der Waals surface area contributed by atoms with E-state index in [2.05, 4.69) is 48.4 Å². The summed E-state index contributed by atoms with van der Waals surface area (Å²) in [6.07, 6.45) is 0. The predicted molar refractivity (Wildman–Crippen MR) is 71.2 cm³/mol. The van der Waals surface area contributed by atoms with Crippen LogP contribution in [-0.4, -0.2) is 17.2 Å². The molecule has 17 heavy (non-hydrogen) atoms. The van der Waals surface area contributed by atoms with Gasteiger partial charge in [-0.2, -0.15) is 0 Å². The Labute approximate surface area is 102 Å². The van der Waals surface area contributed by atoms with Crippen LogP contribution in [0.25, 0.3) is 11.3 Å². The van der Waals surface area contributed by atoms with Gasteiger partial charge in [-0.3, -0.25) is 0 Å². The van der Waals surface area contributed by atoms with Crippen molar-refractivity contribution in [1.29, 1.82) is 0 Å². The Hall–Kier alpha value is -1.90. The third-order valence-corrected chi connectivity index (χ3v) is 3.25. The predicted octanol–water partition coefficient (Wildman–Crippen LogP) is 3.11. The fraction of sp³-hybridized carbons (Fsp3) is 0.286. The lowest BCUT2D eigenvalue weighted by Gasteiger charge is -2.10. The largest absolute Gasteiger partial charge is 0.372 e. The van der Waals surface area contributed by atoms with E-state index in [0.717, 1.165) is 17.1 Å². The molecule has 2 aromatic rings. The summed E-state index contributed by atoms with van der Waals surface area (Å²) in [6.45, 7) is 6.40. The number of benzene rings is 1. The Morgan fingerprint density at radius 2 is 1.65 bits per heavy atom. The van der Waals surface area contributed by atoms with E-state index < -0.39 is 0 Å². The molecule has 0 bridgehead atoms. The molecule has 0 saturated heterocycles. The van der Waals surface area contributed by atoms with Crippen molar-refractivity contribution in [2.24, 2.45) is 0 Å². The molecule has 0 aliphatic carbocycles. The number of anilines is 1. The molecule has 88 valence electrons. The van der Waals surface area contributed by atoms with Crippen LogP contribution in [0.5, 0.6) is 0 Å². The van der Waals surface area contributed by atoms with Crippen LogP contribution in [0.4, 0.5) is 5.82 Å². The van der Waals surface area contributed by atoms with Gasteiger partial charge in [-0.15, -0.1) is 10.2 Å². The molecule has 0 atom stereocenters. The summed E-state index contributed by atoms with van der Waals surface area (Å²) >= 11 is 0. The lowest BCUT2D eigenvalue weighted by Crippen LogP contribution is -1.97. The lowest BCUT2D eigenvalue weighted by molar-refractivity contribution is 1.03. The average molecular weight is 227 g/mol. The SMILES string of the molecule is CNc1ccc(-c2ccc(C)c(C)c2C)nn1. The van der Waals surface area contributed by atoms with E-state index >= 15 is 0 Å². The van der Waals surface area contributed by atoms with Crippen molar-refractivity contribution >= 4 is 5.82 Å². The Bertz CT molecular complexity index is 530. The van der Waals surface area contributed by atoms with Crippen LogP contribution in [0.1, 0.15) is 16.7 Å². The van der Waals surface area contributed by atoms with Crippen LogP contribution in [-0.2, 0) is 0 Å². The van der Waals surface area contributed by atoms with Crippen LogP contribution in [0.15, 0.2) is 24.3 Å². The van der Waals surface area contributed by atoms with Gasteiger partial charge in [0.05, 0.1) is 5.69 Å². The molecule has 0 amide bonds. The van der Waals surface area contributed by atoms with Crippen LogP contribution in [0, 0.1) is 20.8 Å². The Morgan fingerprint density at radius 1 is 0.882 bits per heavy atom. The summed E-state index contributed by atoms with van der Waals surface area (Å²) in [5.41, 5.74) is 5.98. The third kappa shape index (κ3) is 2.13. The Balaban J connectivity index is 2.49. The van der Waals surface area contributed by atoms with Gasteiger partial charge >= 0.3 is 0 Å². The lowest BCUT2D eigenvalue weighted by atomic mass is 9.97. The number of rotatable bonds is 2. The van der Waals surface area contributed by atoms with E-state index in [4.69, 9.17) is 0 Å². The number of nitrogens with zero attached hydrogens (tertiary/aromatic N) is 2. The first-order chi connectivity index (χ1) is 8.13. The van der Waals surface area contributed by atoms with Crippen LogP contribution >= 0.6 is 0 Å². The summed E-state index contributed by atoms with van der Waals surface area (Å²) in [5.74, 6) is 0.787. The first-order valence-electron chi connectivity index (χ1n) is 5.72. The molecule has 0 aliphatic rings. The fourth-order valence-corrected chi connectivity index (χ4v) is 1.84. The van der Waals surface area contributed by atoms with E-state index in [0.29, 0.717) is 0 Å². The molecule has 0 spiro atoms. The summed E-state index contributed by atoms with van der Waals surface area (Å²) in [5, 5.41) is 11.3. The zero-order valence-electron chi connectivity index (χ0n) is 10.7. The highest BCUT2D eigenvalue weighted by atomic mass is 15.2. The second-order valence-corrected chi connectivity index (χ2v) is 4.23. The van der Waals surface area contributed by atoms with E-state index in [-0.39, 0.29) is 0 Å². The van der Waals surface area contributed by atoms with E-state index in [9.17, 15) is 0 Å². The number of nitrogens with one attached hydrogen (secondary N) is 1. The second kappa shape index (κ2) is 4.53. The van der Waals surface area contributed by atoms with Crippen molar-refractivity contribution in [2.45, 2.75) is 20.8 Å². The molecule has 1 heterocycles. The molecule has 3 heteroatoms. The van der Waals surface area contributed by atoms with Crippen molar-refractivity contribution in [2.75, 3.05) is 12.4 Å². The second-order valence-electron chi connectivity index (χ2n) is 4.23. The quantitative estimate of drug-likeness (QED) is 0.856. The maximum atomic E-state index is 4.24. The van der Waals surface area contributed by atoms with Crippen molar-refractivity contribution < 1.29 is 0 Å². The molecular formula is C14H17N3. The zero-order valence-corrected chi connectivity index (χ0v) is 10.7. The summed E-state index contributed by atoms with van der Waals surface area (Å²) in [7, 11) is 1.84. The van der Waals surface area contributed by atoms with E-state index in [1.807, 2.05) is 19.2 Å². The van der Waals surface area contributed by atoms with Crippen LogP contribution < -0.4 is 5.32 Å². The summed E-state index contributed by atoms with van der Waals surface area (Å²) in [6, 6.07) is 8.18. The fourth-order valence-electron chi connectivity index (χ4n) is 1.84. The molecule has 0 radical (unpaired) electrons. The highest BCUT2D eigenvalue weighted by molar-refractivity contribution is 5.66. The molecule has 2 rings (SSSR count). The topological polar surface area (TPSA) is 37.8 Å². The average Bonchev–Trinajstić information content (AvgIpc) is 2.36. The molecule has 0 saturated carbocycles. The summed E-state index contributed by atoms with van der Waals surface area (Å²) < 4.78 is 0. The molecule has 0 fully saturated rings. The minimum atomic E-state index is 0.787. The number of aromatic nitrogens is 2. The van der Waals surface area contributed by atoms with Crippen molar-refractivity contribution in [3.8, 4) is 11.3 Å². The standard InChI is InChI=1S/C14H17N3/c1-9-5-6-12(11(3)10(9)2)13-7-8-14(15-4)17-16-13/h5-8H,1-4H3,(H,15,17). The monoisotopic (exact) mass is 227 g/mol. The van der Waals surface area contributed by atoms with Gasteiger partial charge in [0.25, 0.3) is 0 Å². The van der Waals surface area contributed by atoms with E-state index in [1.54, 1.807) is 0 Å². The van der Waals surface area contributed by atoms with Gasteiger partial charge in [0, 0.05) is 12.6 Å². The molecule has 1 aromatic heterocycles. The van der Waals surface area contributed by atoms with Gasteiger partial charge in [0.2, 0.25) is 0 Å². The van der Waals surface area contributed by atoms with Crippen molar-refractivity contribution in [3.05, 3.63) is 41.0 Å². The van der Waals surface area contributed by atoms with Crippen molar-refractivity contribution in [1.82, 2.24) is 10.2 Å². The van der Waals surface area contributed by atoms with Gasteiger partial charge in [-0.25, -0.2) is 0 Å². The normalized spacial score (nSPS) is 10.4. The highest BCUT2D eigenvalue weighted by Gasteiger charge is 2.07. The minimum absolute atomic E-state index is 0.787. The number of hydrogen-bond donors (Lipinski definition) is 1. The smallest absolute Gasteiger partial charge is 0.148 e. The first kappa shape index (κ1) is 11.6. The molecule has 3 nitrogen and oxygen atoms in total. The van der Waals surface area contributed by atoms with Crippen molar-refractivity contribution in [3.63, 3.8) is 0 Å². The van der Waals surface area contributed by atoms with Gasteiger partial charge in [0.1, 0.15) is 5.82 Å². The molecule has 0 unspecified atom stereocenters.